The van der Waals surface area contributed by atoms with Crippen molar-refractivity contribution in [1.82, 2.24) is 4.31 Å². The van der Waals surface area contributed by atoms with Crippen molar-refractivity contribution >= 4 is 21.6 Å². The molecule has 138 valence electrons. The summed E-state index contributed by atoms with van der Waals surface area (Å²) in [6.07, 6.45) is 5.44. The number of rotatable bonds is 7. The largest absolute Gasteiger partial charge is 0.312 e. The second kappa shape index (κ2) is 7.46. The number of nitrogens with zero attached hydrogens (tertiary/aromatic N) is 2. The molecule has 1 heterocycles. The number of hydrogen-bond acceptors (Lipinski definition) is 3. The van der Waals surface area contributed by atoms with Crippen LogP contribution in [0, 0.1) is 5.92 Å². The lowest BCUT2D eigenvalue weighted by atomic mass is 9.84. The van der Waals surface area contributed by atoms with E-state index in [1.165, 1.54) is 0 Å². The number of anilines is 1. The topological polar surface area (TPSA) is 57.7 Å². The van der Waals surface area contributed by atoms with E-state index >= 15 is 0 Å². The maximum atomic E-state index is 12.9. The van der Waals surface area contributed by atoms with Crippen molar-refractivity contribution in [2.45, 2.75) is 57.3 Å². The van der Waals surface area contributed by atoms with E-state index in [-0.39, 0.29) is 11.8 Å². The number of fused-ring (bicyclic) bond motifs is 1. The van der Waals surface area contributed by atoms with Gasteiger partial charge in [-0.3, -0.25) is 4.79 Å². The summed E-state index contributed by atoms with van der Waals surface area (Å²) in [5.41, 5.74) is 1.87. The second-order valence-corrected chi connectivity index (χ2v) is 9.00. The first-order valence-corrected chi connectivity index (χ1v) is 10.9. The van der Waals surface area contributed by atoms with Crippen molar-refractivity contribution in [2.75, 3.05) is 24.5 Å². The zero-order chi connectivity index (χ0) is 18.0. The lowest BCUT2D eigenvalue weighted by Gasteiger charge is -2.29. The summed E-state index contributed by atoms with van der Waals surface area (Å²) < 4.78 is 27.4. The van der Waals surface area contributed by atoms with Crippen LogP contribution in [0.4, 0.5) is 5.69 Å². The fourth-order valence-electron chi connectivity index (χ4n) is 3.64. The highest BCUT2D eigenvalue weighted by Gasteiger charge is 2.34. The molecule has 0 N–H and O–H groups in total. The van der Waals surface area contributed by atoms with Crippen LogP contribution in [0.25, 0.3) is 0 Å². The fraction of sp³-hybridized carbons (Fsp3) is 0.632. The molecule has 1 aliphatic heterocycles. The Balaban J connectivity index is 1.85. The average molecular weight is 365 g/mol. The molecular weight excluding hydrogens is 336 g/mol. The second-order valence-electron chi connectivity index (χ2n) is 7.06. The molecule has 3 rings (SSSR count). The normalized spacial score (nSPS) is 17.6. The van der Waals surface area contributed by atoms with Gasteiger partial charge in [-0.25, -0.2) is 8.42 Å². The highest BCUT2D eigenvalue weighted by molar-refractivity contribution is 7.89. The number of carbonyl (C=O) groups excluding carboxylic acids is 1. The molecular formula is C19H28N2O3S. The van der Waals surface area contributed by atoms with Crippen molar-refractivity contribution in [2.24, 2.45) is 5.92 Å². The van der Waals surface area contributed by atoms with Crippen LogP contribution in [0.2, 0.25) is 0 Å². The monoisotopic (exact) mass is 364 g/mol. The van der Waals surface area contributed by atoms with Crippen molar-refractivity contribution in [3.05, 3.63) is 23.8 Å². The Kier molecular flexibility index (Phi) is 5.49. The molecule has 1 aliphatic carbocycles. The summed E-state index contributed by atoms with van der Waals surface area (Å²) in [6.45, 7) is 5.73. The Morgan fingerprint density at radius 1 is 1.20 bits per heavy atom. The lowest BCUT2D eigenvalue weighted by molar-refractivity contribution is -0.124. The quantitative estimate of drug-likeness (QED) is 0.747. The summed E-state index contributed by atoms with van der Waals surface area (Å²) in [5, 5.41) is 0. The Morgan fingerprint density at radius 3 is 2.44 bits per heavy atom. The average Bonchev–Trinajstić information content (AvgIpc) is 2.96. The van der Waals surface area contributed by atoms with Gasteiger partial charge in [-0.15, -0.1) is 0 Å². The summed E-state index contributed by atoms with van der Waals surface area (Å²) in [4.78, 5) is 14.8. The highest BCUT2D eigenvalue weighted by Crippen LogP contribution is 2.35. The van der Waals surface area contributed by atoms with Gasteiger partial charge in [-0.1, -0.05) is 20.3 Å². The van der Waals surface area contributed by atoms with Gasteiger partial charge in [0.25, 0.3) is 0 Å². The van der Waals surface area contributed by atoms with Crippen LogP contribution in [-0.4, -0.2) is 38.3 Å². The molecule has 2 aliphatic rings. The number of sulfonamides is 1. The Hall–Kier alpha value is -1.40. The van der Waals surface area contributed by atoms with E-state index in [9.17, 15) is 13.2 Å². The molecule has 0 spiro atoms. The first-order chi connectivity index (χ1) is 12.0. The predicted molar refractivity (Wildman–Crippen MR) is 99.2 cm³/mol. The lowest BCUT2D eigenvalue weighted by Crippen LogP contribution is -2.37. The van der Waals surface area contributed by atoms with Gasteiger partial charge in [-0.2, -0.15) is 4.31 Å². The fourth-order valence-corrected chi connectivity index (χ4v) is 5.32. The maximum Gasteiger partial charge on any atom is 0.243 e. The van der Waals surface area contributed by atoms with Crippen LogP contribution in [0.3, 0.4) is 0 Å². The molecule has 6 heteroatoms. The molecule has 25 heavy (non-hydrogen) atoms. The SMILES string of the molecule is CCCN(CCC)S(=O)(=O)c1ccc2c(c1)CCN2C(=O)C1CCC1. The molecule has 1 aromatic carbocycles. The molecule has 1 fully saturated rings. The van der Waals surface area contributed by atoms with E-state index in [0.29, 0.717) is 24.5 Å². The van der Waals surface area contributed by atoms with E-state index in [1.807, 2.05) is 24.8 Å². The van der Waals surface area contributed by atoms with E-state index in [2.05, 4.69) is 0 Å². The molecule has 1 amide bonds. The molecule has 1 saturated carbocycles. The van der Waals surface area contributed by atoms with Crippen LogP contribution >= 0.6 is 0 Å². The number of carbonyl (C=O) groups is 1. The van der Waals surface area contributed by atoms with Crippen LogP contribution in [-0.2, 0) is 21.2 Å². The third-order valence-corrected chi connectivity index (χ3v) is 7.15. The predicted octanol–water partition coefficient (Wildman–Crippen LogP) is 3.19. The zero-order valence-corrected chi connectivity index (χ0v) is 16.0. The van der Waals surface area contributed by atoms with Crippen molar-refractivity contribution in [3.8, 4) is 0 Å². The number of amides is 1. The molecule has 0 aromatic heterocycles. The van der Waals surface area contributed by atoms with Gasteiger partial charge in [0, 0.05) is 31.2 Å². The minimum absolute atomic E-state index is 0.166. The van der Waals surface area contributed by atoms with Crippen LogP contribution in [0.1, 0.15) is 51.5 Å². The Labute approximate surface area is 151 Å². The van der Waals surface area contributed by atoms with Crippen molar-refractivity contribution < 1.29 is 13.2 Å². The third kappa shape index (κ3) is 3.47. The maximum absolute atomic E-state index is 12.9. The smallest absolute Gasteiger partial charge is 0.243 e. The summed E-state index contributed by atoms with van der Waals surface area (Å²) >= 11 is 0. The first kappa shape index (κ1) is 18.4. The van der Waals surface area contributed by atoms with Gasteiger partial charge in [0.05, 0.1) is 4.90 Å². The van der Waals surface area contributed by atoms with Gasteiger partial charge < -0.3 is 4.90 Å². The van der Waals surface area contributed by atoms with Crippen LogP contribution in [0.15, 0.2) is 23.1 Å². The van der Waals surface area contributed by atoms with Crippen LogP contribution in [0.5, 0.6) is 0 Å². The third-order valence-electron chi connectivity index (χ3n) is 5.25. The number of hydrogen-bond donors (Lipinski definition) is 0. The zero-order valence-electron chi connectivity index (χ0n) is 15.2. The van der Waals surface area contributed by atoms with Crippen molar-refractivity contribution in [3.63, 3.8) is 0 Å². The minimum atomic E-state index is -3.46. The van der Waals surface area contributed by atoms with E-state index in [0.717, 1.165) is 49.8 Å². The highest BCUT2D eigenvalue weighted by atomic mass is 32.2. The first-order valence-electron chi connectivity index (χ1n) is 9.43. The van der Waals surface area contributed by atoms with E-state index in [4.69, 9.17) is 0 Å². The molecule has 0 saturated heterocycles. The van der Waals surface area contributed by atoms with Gasteiger partial charge in [0.2, 0.25) is 15.9 Å². The molecule has 0 atom stereocenters. The van der Waals surface area contributed by atoms with Gasteiger partial charge >= 0.3 is 0 Å². The van der Waals surface area contributed by atoms with Gasteiger partial charge in [-0.05, 0) is 55.9 Å². The molecule has 1 aromatic rings. The standard InChI is InChI=1S/C19H28N2O3S/c1-3-11-20(12-4-2)25(23,24)17-8-9-18-16(14-17)10-13-21(18)19(22)15-6-5-7-15/h8-9,14-15H,3-7,10-13H2,1-2H3. The Bertz CT molecular complexity index is 735. The van der Waals surface area contributed by atoms with Gasteiger partial charge in [0.15, 0.2) is 0 Å². The van der Waals surface area contributed by atoms with E-state index in [1.54, 1.807) is 16.4 Å². The molecule has 0 bridgehead atoms. The van der Waals surface area contributed by atoms with Gasteiger partial charge in [0.1, 0.15) is 0 Å². The Morgan fingerprint density at radius 2 is 1.88 bits per heavy atom. The summed E-state index contributed by atoms with van der Waals surface area (Å²) in [7, 11) is -3.46. The molecule has 0 radical (unpaired) electrons. The minimum Gasteiger partial charge on any atom is -0.312 e. The van der Waals surface area contributed by atoms with E-state index < -0.39 is 10.0 Å². The summed E-state index contributed by atoms with van der Waals surface area (Å²) in [6, 6.07) is 5.26. The molecule has 5 nitrogen and oxygen atoms in total. The molecule has 0 unspecified atom stereocenters. The number of benzene rings is 1. The van der Waals surface area contributed by atoms with Crippen molar-refractivity contribution in [1.29, 1.82) is 0 Å². The van der Waals surface area contributed by atoms with Crippen LogP contribution < -0.4 is 4.90 Å². The summed E-state index contributed by atoms with van der Waals surface area (Å²) in [5.74, 6) is 0.373.